The number of hydrogen-bond acceptors (Lipinski definition) is 5. The number of ether oxygens (including phenoxy) is 2. The van der Waals surface area contributed by atoms with Gasteiger partial charge in [-0.15, -0.1) is 0 Å². The molecule has 29 heavy (non-hydrogen) atoms. The number of rotatable bonds is 5. The summed E-state index contributed by atoms with van der Waals surface area (Å²) >= 11 is 0. The molecule has 1 fully saturated rings. The van der Waals surface area contributed by atoms with E-state index in [4.69, 9.17) is 14.5 Å². The Morgan fingerprint density at radius 3 is 2.76 bits per heavy atom. The van der Waals surface area contributed by atoms with E-state index in [1.54, 1.807) is 19.3 Å². The van der Waals surface area contributed by atoms with Gasteiger partial charge in [0.05, 0.1) is 18.9 Å². The standard InChI is InChI=1S/C21H23F2N3O3/c1-26-10-12(9-24-21(26)27)20-15-8-17(28-2)18(29-11-19(22)23)7-14(15)13-5-3-4-6-16(13)25-20/h7-10,13,16,19H,3-6,11H2,1-2H3. The van der Waals surface area contributed by atoms with Gasteiger partial charge in [0.2, 0.25) is 0 Å². The van der Waals surface area contributed by atoms with E-state index in [0.29, 0.717) is 11.5 Å². The number of nitrogens with zero attached hydrogens (tertiary/aromatic N) is 3. The van der Waals surface area contributed by atoms with Crippen LogP contribution in [0.2, 0.25) is 0 Å². The molecule has 0 radical (unpaired) electrons. The van der Waals surface area contributed by atoms with Crippen LogP contribution in [0.4, 0.5) is 8.78 Å². The number of benzene rings is 1. The molecule has 1 aromatic carbocycles. The SMILES string of the molecule is COc1cc2c(cc1OCC(F)F)C1CCCCC1N=C2c1cnc(=O)n(C)c1. The van der Waals surface area contributed by atoms with Crippen molar-refractivity contribution in [3.8, 4) is 11.5 Å². The highest BCUT2D eigenvalue weighted by atomic mass is 19.3. The van der Waals surface area contributed by atoms with Gasteiger partial charge in [-0.05, 0) is 30.5 Å². The summed E-state index contributed by atoms with van der Waals surface area (Å²) in [6.07, 6.45) is 4.84. The lowest BCUT2D eigenvalue weighted by Gasteiger charge is -2.35. The lowest BCUT2D eigenvalue weighted by Crippen LogP contribution is -2.30. The fourth-order valence-corrected chi connectivity index (χ4v) is 4.24. The summed E-state index contributed by atoms with van der Waals surface area (Å²) in [5.74, 6) is 0.905. The molecule has 4 rings (SSSR count). The van der Waals surface area contributed by atoms with Crippen LogP contribution >= 0.6 is 0 Å². The maximum absolute atomic E-state index is 12.7. The van der Waals surface area contributed by atoms with E-state index in [1.807, 2.05) is 6.07 Å². The van der Waals surface area contributed by atoms with E-state index in [0.717, 1.165) is 48.1 Å². The molecule has 0 N–H and O–H groups in total. The van der Waals surface area contributed by atoms with Gasteiger partial charge in [-0.3, -0.25) is 4.99 Å². The predicted molar refractivity (Wildman–Crippen MR) is 105 cm³/mol. The number of methoxy groups -OCH3 is 1. The molecule has 1 aliphatic heterocycles. The van der Waals surface area contributed by atoms with Crippen molar-refractivity contribution in [2.24, 2.45) is 12.0 Å². The molecule has 0 saturated heterocycles. The molecule has 0 amide bonds. The molecule has 0 bridgehead atoms. The van der Waals surface area contributed by atoms with E-state index >= 15 is 0 Å². The van der Waals surface area contributed by atoms with Gasteiger partial charge in [-0.1, -0.05) is 12.8 Å². The molecule has 2 aliphatic rings. The molecule has 2 aromatic rings. The maximum atomic E-state index is 12.7. The first-order chi connectivity index (χ1) is 14.0. The molecule has 1 aromatic heterocycles. The minimum Gasteiger partial charge on any atom is -0.493 e. The Hall–Kier alpha value is -2.77. The molecule has 2 unspecified atom stereocenters. The molecule has 2 atom stereocenters. The lowest BCUT2D eigenvalue weighted by atomic mass is 9.75. The number of hydrogen-bond donors (Lipinski definition) is 0. The minimum atomic E-state index is -2.56. The zero-order chi connectivity index (χ0) is 20.5. The van der Waals surface area contributed by atoms with Gasteiger partial charge in [0.1, 0.15) is 6.61 Å². The van der Waals surface area contributed by atoms with Crippen molar-refractivity contribution in [3.63, 3.8) is 0 Å². The zero-order valence-corrected chi connectivity index (χ0v) is 16.4. The third-order valence-electron chi connectivity index (χ3n) is 5.60. The second-order valence-electron chi connectivity index (χ2n) is 7.46. The number of alkyl halides is 2. The third-order valence-corrected chi connectivity index (χ3v) is 5.60. The summed E-state index contributed by atoms with van der Waals surface area (Å²) in [6, 6.07) is 3.73. The van der Waals surface area contributed by atoms with Crippen molar-refractivity contribution in [2.75, 3.05) is 13.7 Å². The van der Waals surface area contributed by atoms with Crippen LogP contribution in [0.3, 0.4) is 0 Å². The fraction of sp³-hybridized carbons (Fsp3) is 0.476. The van der Waals surface area contributed by atoms with Crippen molar-refractivity contribution in [1.29, 1.82) is 0 Å². The highest BCUT2D eigenvalue weighted by Gasteiger charge is 2.35. The average Bonchev–Trinajstić information content (AvgIpc) is 2.73. The van der Waals surface area contributed by atoms with Crippen LogP contribution < -0.4 is 15.2 Å². The molecule has 2 heterocycles. The summed E-state index contributed by atoms with van der Waals surface area (Å²) in [6.45, 7) is -0.686. The van der Waals surface area contributed by atoms with Crippen LogP contribution in [0.25, 0.3) is 0 Å². The van der Waals surface area contributed by atoms with Gasteiger partial charge in [0.15, 0.2) is 11.5 Å². The second-order valence-corrected chi connectivity index (χ2v) is 7.46. The van der Waals surface area contributed by atoms with E-state index in [1.165, 1.54) is 17.9 Å². The molecule has 8 heteroatoms. The average molecular weight is 403 g/mol. The summed E-state index contributed by atoms with van der Waals surface area (Å²) in [5, 5.41) is 0. The van der Waals surface area contributed by atoms with Gasteiger partial charge in [0, 0.05) is 36.5 Å². The Labute approximate surface area is 167 Å². The minimum absolute atomic E-state index is 0.111. The van der Waals surface area contributed by atoms with Crippen molar-refractivity contribution in [2.45, 2.75) is 44.1 Å². The molecule has 154 valence electrons. The summed E-state index contributed by atoms with van der Waals surface area (Å²) in [7, 11) is 3.13. The number of aromatic nitrogens is 2. The molecule has 6 nitrogen and oxygen atoms in total. The van der Waals surface area contributed by atoms with Gasteiger partial charge < -0.3 is 14.0 Å². The summed E-state index contributed by atoms with van der Waals surface area (Å²) in [4.78, 5) is 20.7. The van der Waals surface area contributed by atoms with Crippen molar-refractivity contribution in [1.82, 2.24) is 9.55 Å². The van der Waals surface area contributed by atoms with E-state index < -0.39 is 13.0 Å². The Bertz CT molecular complexity index is 1000. The third kappa shape index (κ3) is 3.75. The van der Waals surface area contributed by atoms with Crippen molar-refractivity contribution in [3.05, 3.63) is 51.7 Å². The smallest absolute Gasteiger partial charge is 0.347 e. The highest BCUT2D eigenvalue weighted by molar-refractivity contribution is 6.14. The van der Waals surface area contributed by atoms with E-state index in [9.17, 15) is 13.6 Å². The molecule has 0 spiro atoms. The van der Waals surface area contributed by atoms with Crippen LogP contribution in [0.1, 0.15) is 48.3 Å². The van der Waals surface area contributed by atoms with Gasteiger partial charge in [-0.25, -0.2) is 18.6 Å². The topological polar surface area (TPSA) is 65.7 Å². The Balaban J connectivity index is 1.85. The van der Waals surface area contributed by atoms with Gasteiger partial charge in [-0.2, -0.15) is 0 Å². The quantitative estimate of drug-likeness (QED) is 0.768. The van der Waals surface area contributed by atoms with Crippen LogP contribution in [-0.2, 0) is 7.05 Å². The van der Waals surface area contributed by atoms with Crippen LogP contribution in [0, 0.1) is 0 Å². The van der Waals surface area contributed by atoms with Gasteiger partial charge >= 0.3 is 5.69 Å². The Kier molecular flexibility index (Phi) is 5.34. The highest BCUT2D eigenvalue weighted by Crippen LogP contribution is 2.44. The number of aliphatic imine (C=N–C) groups is 1. The first-order valence-electron chi connectivity index (χ1n) is 9.72. The van der Waals surface area contributed by atoms with Crippen molar-refractivity contribution >= 4 is 5.71 Å². The molecular formula is C21H23F2N3O3. The predicted octanol–water partition coefficient (Wildman–Crippen LogP) is 3.31. The normalized spacial score (nSPS) is 20.7. The van der Waals surface area contributed by atoms with Gasteiger partial charge in [0.25, 0.3) is 6.43 Å². The van der Waals surface area contributed by atoms with E-state index in [-0.39, 0.29) is 17.6 Å². The van der Waals surface area contributed by atoms with E-state index in [2.05, 4.69) is 4.98 Å². The number of fused-ring (bicyclic) bond motifs is 3. The first-order valence-corrected chi connectivity index (χ1v) is 9.72. The van der Waals surface area contributed by atoms with Crippen LogP contribution in [-0.4, -0.2) is 41.4 Å². The monoisotopic (exact) mass is 403 g/mol. The lowest BCUT2D eigenvalue weighted by molar-refractivity contribution is 0.0803. The van der Waals surface area contributed by atoms with Crippen molar-refractivity contribution < 1.29 is 18.3 Å². The molecule has 1 aliphatic carbocycles. The van der Waals surface area contributed by atoms with Crippen LogP contribution in [0.15, 0.2) is 34.3 Å². The maximum Gasteiger partial charge on any atom is 0.347 e. The Morgan fingerprint density at radius 2 is 2.03 bits per heavy atom. The first kappa shape index (κ1) is 19.5. The number of aryl methyl sites for hydroxylation is 1. The second kappa shape index (κ2) is 7.93. The summed E-state index contributed by atoms with van der Waals surface area (Å²) < 4.78 is 37.6. The molecular weight excluding hydrogens is 380 g/mol. The zero-order valence-electron chi connectivity index (χ0n) is 16.4. The molecule has 1 saturated carbocycles. The Morgan fingerprint density at radius 1 is 1.24 bits per heavy atom. The van der Waals surface area contributed by atoms with Crippen LogP contribution in [0.5, 0.6) is 11.5 Å². The number of halogens is 2. The summed E-state index contributed by atoms with van der Waals surface area (Å²) in [5.41, 5.74) is 3.04. The fourth-order valence-electron chi connectivity index (χ4n) is 4.24. The largest absolute Gasteiger partial charge is 0.493 e.